The third-order valence-electron chi connectivity index (χ3n) is 7.04. The first-order valence-electron chi connectivity index (χ1n) is 14.0. The fourth-order valence-electron chi connectivity index (χ4n) is 4.87. The van der Waals surface area contributed by atoms with Gasteiger partial charge in [-0.2, -0.15) is 0 Å². The van der Waals surface area contributed by atoms with Crippen molar-refractivity contribution in [3.05, 3.63) is 95.6 Å². The van der Waals surface area contributed by atoms with Crippen LogP contribution in [0.2, 0.25) is 0 Å². The molecule has 0 radical (unpaired) electrons. The van der Waals surface area contributed by atoms with Crippen LogP contribution in [0, 0.1) is 6.92 Å². The minimum atomic E-state index is -0.766. The van der Waals surface area contributed by atoms with Crippen LogP contribution in [0.4, 0.5) is 0 Å². The molecule has 1 aliphatic rings. The lowest BCUT2D eigenvalue weighted by atomic mass is 10.0. The summed E-state index contributed by atoms with van der Waals surface area (Å²) in [6.07, 6.45) is 4.51. The number of nitrogens with one attached hydrogen (secondary N) is 2. The van der Waals surface area contributed by atoms with Crippen LogP contribution in [0.15, 0.2) is 77.5 Å². The van der Waals surface area contributed by atoms with E-state index in [0.717, 1.165) is 16.7 Å². The molecule has 4 bridgehead atoms. The monoisotopic (exact) mass is 569 g/mol. The van der Waals surface area contributed by atoms with E-state index in [4.69, 9.17) is 13.9 Å². The van der Waals surface area contributed by atoms with Gasteiger partial charge in [-0.15, -0.1) is 0 Å². The third kappa shape index (κ3) is 7.52. The van der Waals surface area contributed by atoms with Crippen LogP contribution in [0.1, 0.15) is 29.0 Å². The van der Waals surface area contributed by atoms with Gasteiger partial charge in [-0.1, -0.05) is 36.4 Å². The fraction of sp³-hybridized carbons (Fsp3) is 0.312. The Morgan fingerprint density at radius 3 is 2.69 bits per heavy atom. The Morgan fingerprint density at radius 2 is 1.90 bits per heavy atom. The maximum Gasteiger partial charge on any atom is 0.243 e. The van der Waals surface area contributed by atoms with Crippen molar-refractivity contribution in [1.82, 2.24) is 25.5 Å². The van der Waals surface area contributed by atoms with Gasteiger partial charge in [0.2, 0.25) is 17.7 Å². The van der Waals surface area contributed by atoms with Crippen molar-refractivity contribution in [3.8, 4) is 23.0 Å². The Labute approximate surface area is 245 Å². The van der Waals surface area contributed by atoms with Crippen molar-refractivity contribution in [2.45, 2.75) is 38.9 Å². The zero-order chi connectivity index (χ0) is 29.3. The molecule has 0 saturated heterocycles. The number of aryl methyl sites for hydroxylation is 1. The summed E-state index contributed by atoms with van der Waals surface area (Å²) in [5.41, 5.74) is 3.27. The average Bonchev–Trinajstić information content (AvgIpc) is 3.38. The molecule has 0 fully saturated rings. The molecule has 0 aliphatic carbocycles. The summed E-state index contributed by atoms with van der Waals surface area (Å²) < 4.78 is 17.6. The van der Waals surface area contributed by atoms with Crippen LogP contribution in [0.5, 0.6) is 11.5 Å². The minimum Gasteiger partial charge on any atom is -0.493 e. The van der Waals surface area contributed by atoms with Gasteiger partial charge < -0.3 is 24.5 Å². The number of carbonyl (C=O) groups is 2. The van der Waals surface area contributed by atoms with Gasteiger partial charge in [-0.3, -0.25) is 19.5 Å². The first-order valence-corrected chi connectivity index (χ1v) is 14.0. The van der Waals surface area contributed by atoms with Crippen molar-refractivity contribution in [3.63, 3.8) is 0 Å². The molecule has 2 aromatic carbocycles. The van der Waals surface area contributed by atoms with Crippen LogP contribution in [-0.4, -0.2) is 59.5 Å². The second-order valence-corrected chi connectivity index (χ2v) is 10.2. The van der Waals surface area contributed by atoms with E-state index in [0.29, 0.717) is 61.4 Å². The van der Waals surface area contributed by atoms with Gasteiger partial charge in [0.15, 0.2) is 11.5 Å². The number of rotatable bonds is 5. The molecule has 1 atom stereocenters. The summed E-state index contributed by atoms with van der Waals surface area (Å²) in [6.45, 7) is 3.59. The number of fused-ring (bicyclic) bond motifs is 5. The molecule has 2 N–H and O–H groups in total. The molecule has 10 heteroatoms. The number of nitrogens with zero attached hydrogens (tertiary/aromatic N) is 3. The van der Waals surface area contributed by atoms with E-state index in [2.05, 4.69) is 20.6 Å². The van der Waals surface area contributed by atoms with Crippen LogP contribution < -0.4 is 20.1 Å². The summed E-state index contributed by atoms with van der Waals surface area (Å²) in [7, 11) is 1.59. The minimum absolute atomic E-state index is 0.109. The number of methoxy groups -OCH3 is 1. The van der Waals surface area contributed by atoms with Gasteiger partial charge in [0.05, 0.1) is 26.8 Å². The first kappa shape index (κ1) is 28.8. The van der Waals surface area contributed by atoms with Crippen molar-refractivity contribution in [2.75, 3.05) is 26.8 Å². The molecule has 218 valence electrons. The zero-order valence-electron chi connectivity index (χ0n) is 23.8. The topological polar surface area (TPSA) is 119 Å². The Hall–Kier alpha value is -4.70. The second kappa shape index (κ2) is 13.8. The number of hydrogen-bond acceptors (Lipinski definition) is 8. The molecule has 10 nitrogen and oxygen atoms in total. The number of pyridine rings is 1. The molecule has 2 aromatic heterocycles. The third-order valence-corrected chi connectivity index (χ3v) is 7.04. The Bertz CT molecular complexity index is 1490. The predicted molar refractivity (Wildman–Crippen MR) is 157 cm³/mol. The van der Waals surface area contributed by atoms with E-state index in [1.54, 1.807) is 19.5 Å². The number of aromatic nitrogens is 2. The van der Waals surface area contributed by atoms with E-state index in [1.807, 2.05) is 72.5 Å². The Balaban J connectivity index is 1.43. The molecule has 0 saturated carbocycles. The molecule has 42 heavy (non-hydrogen) atoms. The number of ether oxygens (including phenoxy) is 2. The normalized spacial score (nSPS) is 16.9. The summed E-state index contributed by atoms with van der Waals surface area (Å²) in [5, 5.41) is 5.92. The molecule has 0 spiro atoms. The zero-order valence-corrected chi connectivity index (χ0v) is 23.8. The van der Waals surface area contributed by atoms with Crippen LogP contribution in [-0.2, 0) is 29.1 Å². The van der Waals surface area contributed by atoms with E-state index in [-0.39, 0.29) is 24.9 Å². The molecular formula is C32H35N5O5. The highest BCUT2D eigenvalue weighted by Crippen LogP contribution is 2.33. The van der Waals surface area contributed by atoms with Gasteiger partial charge in [-0.05, 0) is 48.7 Å². The molecule has 4 aromatic rings. The summed E-state index contributed by atoms with van der Waals surface area (Å²) in [6, 6.07) is 18.2. The van der Waals surface area contributed by atoms with Gasteiger partial charge in [0, 0.05) is 37.5 Å². The molecule has 3 heterocycles. The van der Waals surface area contributed by atoms with Gasteiger partial charge in [0.25, 0.3) is 0 Å². The lowest BCUT2D eigenvalue weighted by molar-refractivity contribution is -0.129. The van der Waals surface area contributed by atoms with E-state index < -0.39 is 6.04 Å². The number of carbonyl (C=O) groups excluding carboxylic acids is 2. The molecule has 1 aliphatic heterocycles. The maximum atomic E-state index is 13.4. The van der Waals surface area contributed by atoms with Crippen molar-refractivity contribution in [2.24, 2.45) is 0 Å². The Kier molecular flexibility index (Phi) is 9.45. The smallest absolute Gasteiger partial charge is 0.243 e. The van der Waals surface area contributed by atoms with Crippen LogP contribution >= 0.6 is 0 Å². The Morgan fingerprint density at radius 1 is 1.07 bits per heavy atom. The van der Waals surface area contributed by atoms with Crippen LogP contribution in [0.3, 0.4) is 0 Å². The number of hydrogen-bond donors (Lipinski definition) is 2. The molecular weight excluding hydrogens is 534 g/mol. The highest BCUT2D eigenvalue weighted by Gasteiger charge is 2.24. The standard InChI is InChI=1S/C32H35N5O5/c1-22-27-19-34-31(39)26(16-23-8-4-3-5-9-23)35-30(38)21-37(20-24-10-6-13-33-18-24)14-7-15-41-29-17-25(32(36-27)42-22)11-12-28(29)40-2/h3-6,8-13,17-18,26H,7,14-16,19-21H2,1-2H3,(H,34,39)(H,35,38)/t26-/m1/s1. The number of amides is 2. The van der Waals surface area contributed by atoms with Gasteiger partial charge in [0.1, 0.15) is 17.5 Å². The SMILES string of the molecule is COc1ccc2cc1OCCCN(Cc1cccnc1)CC(=O)N[C@H](Cc1ccccc1)C(=O)NCc1nc-2oc1C. The maximum absolute atomic E-state index is 13.4. The van der Waals surface area contributed by atoms with Crippen molar-refractivity contribution in [1.29, 1.82) is 0 Å². The summed E-state index contributed by atoms with van der Waals surface area (Å²) in [5.74, 6) is 1.64. The quantitative estimate of drug-likeness (QED) is 0.374. The molecule has 0 unspecified atom stereocenters. The van der Waals surface area contributed by atoms with E-state index >= 15 is 0 Å². The summed E-state index contributed by atoms with van der Waals surface area (Å²) >= 11 is 0. The van der Waals surface area contributed by atoms with Crippen molar-refractivity contribution >= 4 is 11.8 Å². The van der Waals surface area contributed by atoms with Gasteiger partial charge >= 0.3 is 0 Å². The average molecular weight is 570 g/mol. The van der Waals surface area contributed by atoms with Crippen LogP contribution in [0.25, 0.3) is 11.5 Å². The summed E-state index contributed by atoms with van der Waals surface area (Å²) in [4.78, 5) is 37.7. The lowest BCUT2D eigenvalue weighted by Gasteiger charge is -2.24. The molecule has 2 amide bonds. The lowest BCUT2D eigenvalue weighted by Crippen LogP contribution is -2.50. The fourth-order valence-corrected chi connectivity index (χ4v) is 4.87. The van der Waals surface area contributed by atoms with Gasteiger partial charge in [-0.25, -0.2) is 4.98 Å². The molecule has 5 rings (SSSR count). The largest absolute Gasteiger partial charge is 0.493 e. The number of benzene rings is 2. The second-order valence-electron chi connectivity index (χ2n) is 10.2. The highest BCUT2D eigenvalue weighted by atomic mass is 16.5. The first-order chi connectivity index (χ1) is 20.5. The van der Waals surface area contributed by atoms with E-state index in [9.17, 15) is 9.59 Å². The predicted octanol–water partition coefficient (Wildman–Crippen LogP) is 3.68. The van der Waals surface area contributed by atoms with Crippen molar-refractivity contribution < 1.29 is 23.5 Å². The highest BCUT2D eigenvalue weighted by molar-refractivity contribution is 5.88. The van der Waals surface area contributed by atoms with E-state index in [1.165, 1.54) is 0 Å². The number of oxazole rings is 1.